The van der Waals surface area contributed by atoms with Gasteiger partial charge in [0.05, 0.1) is 12.8 Å². The number of methoxy groups -OCH3 is 1. The highest BCUT2D eigenvalue weighted by atomic mass is 35.5. The van der Waals surface area contributed by atoms with Crippen LogP contribution in [0.3, 0.4) is 0 Å². The Bertz CT molecular complexity index is 517. The van der Waals surface area contributed by atoms with Crippen molar-refractivity contribution in [2.75, 3.05) is 7.11 Å². The van der Waals surface area contributed by atoms with E-state index in [1.807, 2.05) is 12.1 Å². The highest BCUT2D eigenvalue weighted by molar-refractivity contribution is 6.30. The van der Waals surface area contributed by atoms with Gasteiger partial charge in [-0.3, -0.25) is 0 Å². The van der Waals surface area contributed by atoms with E-state index in [2.05, 4.69) is 9.97 Å². The molecule has 1 N–H and O–H groups in total. The number of halogens is 1. The van der Waals surface area contributed by atoms with Crippen LogP contribution in [0.5, 0.6) is 5.88 Å². The van der Waals surface area contributed by atoms with Crippen molar-refractivity contribution in [2.24, 2.45) is 0 Å². The van der Waals surface area contributed by atoms with Crippen LogP contribution in [0.4, 0.5) is 0 Å². The topological polar surface area (TPSA) is 55.2 Å². The Morgan fingerprint density at radius 1 is 1.28 bits per heavy atom. The molecule has 0 fully saturated rings. The summed E-state index contributed by atoms with van der Waals surface area (Å²) in [5.41, 5.74) is 1.53. The Hall–Kier alpha value is -1.65. The molecule has 1 atom stereocenters. The smallest absolute Gasteiger partial charge is 0.216 e. The van der Waals surface area contributed by atoms with E-state index in [-0.39, 0.29) is 0 Å². The lowest BCUT2D eigenvalue weighted by Crippen LogP contribution is -2.05. The number of rotatable bonds is 4. The summed E-state index contributed by atoms with van der Waals surface area (Å²) in [4.78, 5) is 7.93. The van der Waals surface area contributed by atoms with E-state index in [1.165, 1.54) is 13.4 Å². The molecule has 0 aliphatic carbocycles. The van der Waals surface area contributed by atoms with E-state index in [0.717, 1.165) is 5.56 Å². The van der Waals surface area contributed by atoms with E-state index < -0.39 is 6.10 Å². The van der Waals surface area contributed by atoms with Gasteiger partial charge in [0.25, 0.3) is 0 Å². The van der Waals surface area contributed by atoms with E-state index in [1.54, 1.807) is 18.2 Å². The monoisotopic (exact) mass is 264 g/mol. The summed E-state index contributed by atoms with van der Waals surface area (Å²) in [5.74, 6) is 0.440. The molecule has 0 amide bonds. The van der Waals surface area contributed by atoms with Crippen LogP contribution in [0.25, 0.3) is 0 Å². The van der Waals surface area contributed by atoms with Crippen molar-refractivity contribution >= 4 is 11.6 Å². The van der Waals surface area contributed by atoms with Crippen molar-refractivity contribution in [3.63, 3.8) is 0 Å². The van der Waals surface area contributed by atoms with Gasteiger partial charge in [0.1, 0.15) is 12.4 Å². The van der Waals surface area contributed by atoms with Crippen LogP contribution >= 0.6 is 11.6 Å². The van der Waals surface area contributed by atoms with Crippen LogP contribution < -0.4 is 4.74 Å². The van der Waals surface area contributed by atoms with Crippen molar-refractivity contribution in [2.45, 2.75) is 12.5 Å². The predicted molar refractivity (Wildman–Crippen MR) is 68.7 cm³/mol. The summed E-state index contributed by atoms with van der Waals surface area (Å²) < 4.78 is 4.99. The van der Waals surface area contributed by atoms with Crippen LogP contribution in [0.2, 0.25) is 5.02 Å². The van der Waals surface area contributed by atoms with Crippen LogP contribution in [0.15, 0.2) is 36.7 Å². The van der Waals surface area contributed by atoms with Crippen molar-refractivity contribution in [3.8, 4) is 5.88 Å². The van der Waals surface area contributed by atoms with Gasteiger partial charge in [0, 0.05) is 17.5 Å². The molecule has 1 heterocycles. The molecule has 2 rings (SSSR count). The third-order valence-corrected chi connectivity index (χ3v) is 2.81. The van der Waals surface area contributed by atoms with Gasteiger partial charge >= 0.3 is 0 Å². The Morgan fingerprint density at radius 2 is 2.00 bits per heavy atom. The lowest BCUT2D eigenvalue weighted by Gasteiger charge is -2.10. The number of benzene rings is 1. The first kappa shape index (κ1) is 12.8. The summed E-state index contributed by atoms with van der Waals surface area (Å²) in [7, 11) is 1.53. The van der Waals surface area contributed by atoms with Crippen molar-refractivity contribution in [1.82, 2.24) is 9.97 Å². The molecule has 0 aliphatic rings. The third kappa shape index (κ3) is 3.18. The van der Waals surface area contributed by atoms with E-state index in [0.29, 0.717) is 23.0 Å². The van der Waals surface area contributed by atoms with Crippen molar-refractivity contribution < 1.29 is 9.84 Å². The van der Waals surface area contributed by atoms with Crippen molar-refractivity contribution in [3.05, 3.63) is 52.9 Å². The number of ether oxygens (including phenoxy) is 1. The van der Waals surface area contributed by atoms with Gasteiger partial charge < -0.3 is 9.84 Å². The summed E-state index contributed by atoms with van der Waals surface area (Å²) in [6.07, 6.45) is 1.15. The van der Waals surface area contributed by atoms with Crippen molar-refractivity contribution in [1.29, 1.82) is 0 Å². The minimum absolute atomic E-state index is 0.440. The molecule has 1 aromatic heterocycles. The first-order valence-corrected chi connectivity index (χ1v) is 5.85. The van der Waals surface area contributed by atoms with Gasteiger partial charge in [-0.2, -0.15) is 0 Å². The average Bonchev–Trinajstić information content (AvgIpc) is 2.41. The standard InChI is InChI=1S/C13H13ClN2O2/c1-18-13-7-11(15-8-16-13)12(17)6-9-2-4-10(14)5-3-9/h2-5,7-8,12,17H,6H2,1H3. The van der Waals surface area contributed by atoms with E-state index in [9.17, 15) is 5.11 Å². The number of aliphatic hydroxyl groups excluding tert-OH is 1. The van der Waals surface area contributed by atoms with Gasteiger partial charge in [0.2, 0.25) is 5.88 Å². The zero-order chi connectivity index (χ0) is 13.0. The fraction of sp³-hybridized carbons (Fsp3) is 0.231. The Balaban J connectivity index is 2.11. The average molecular weight is 265 g/mol. The van der Waals surface area contributed by atoms with Crippen LogP contribution in [-0.4, -0.2) is 22.2 Å². The quantitative estimate of drug-likeness (QED) is 0.921. The zero-order valence-electron chi connectivity index (χ0n) is 9.88. The molecular formula is C13H13ClN2O2. The van der Waals surface area contributed by atoms with E-state index >= 15 is 0 Å². The fourth-order valence-corrected chi connectivity index (χ4v) is 1.72. The summed E-state index contributed by atoms with van der Waals surface area (Å²) in [6.45, 7) is 0. The molecule has 0 aliphatic heterocycles. The molecule has 1 unspecified atom stereocenters. The van der Waals surface area contributed by atoms with Gasteiger partial charge in [0.15, 0.2) is 0 Å². The van der Waals surface area contributed by atoms with Crippen LogP contribution in [0, 0.1) is 0 Å². The molecular weight excluding hydrogens is 252 g/mol. The first-order valence-electron chi connectivity index (χ1n) is 5.47. The molecule has 4 nitrogen and oxygen atoms in total. The van der Waals surface area contributed by atoms with E-state index in [4.69, 9.17) is 16.3 Å². The van der Waals surface area contributed by atoms with Gasteiger partial charge in [-0.05, 0) is 17.7 Å². The first-order chi connectivity index (χ1) is 8.69. The molecule has 0 bridgehead atoms. The fourth-order valence-electron chi connectivity index (χ4n) is 1.60. The summed E-state index contributed by atoms with van der Waals surface area (Å²) >= 11 is 5.81. The normalized spacial score (nSPS) is 12.2. The molecule has 0 saturated carbocycles. The highest BCUT2D eigenvalue weighted by Crippen LogP contribution is 2.19. The molecule has 1 aromatic carbocycles. The molecule has 94 valence electrons. The summed E-state index contributed by atoms with van der Waals surface area (Å²) in [6, 6.07) is 8.98. The second-order valence-electron chi connectivity index (χ2n) is 3.83. The molecule has 0 saturated heterocycles. The summed E-state index contributed by atoms with van der Waals surface area (Å²) in [5, 5.41) is 10.8. The van der Waals surface area contributed by atoms with Gasteiger partial charge in [-0.15, -0.1) is 0 Å². The molecule has 0 spiro atoms. The molecule has 2 aromatic rings. The van der Waals surface area contributed by atoms with Gasteiger partial charge in [-0.25, -0.2) is 9.97 Å². The molecule has 0 radical (unpaired) electrons. The van der Waals surface area contributed by atoms with Crippen LogP contribution in [0.1, 0.15) is 17.4 Å². The maximum atomic E-state index is 10.1. The largest absolute Gasteiger partial charge is 0.481 e. The minimum Gasteiger partial charge on any atom is -0.481 e. The lowest BCUT2D eigenvalue weighted by molar-refractivity contribution is 0.173. The predicted octanol–water partition coefficient (Wildman–Crippen LogP) is 2.41. The maximum Gasteiger partial charge on any atom is 0.216 e. The number of nitrogens with zero attached hydrogens (tertiary/aromatic N) is 2. The second kappa shape index (κ2) is 5.80. The minimum atomic E-state index is -0.692. The SMILES string of the molecule is COc1cc(C(O)Cc2ccc(Cl)cc2)ncn1. The Morgan fingerprint density at radius 3 is 2.67 bits per heavy atom. The Labute approximate surface area is 110 Å². The number of aromatic nitrogens is 2. The number of aliphatic hydroxyl groups is 1. The maximum absolute atomic E-state index is 10.1. The molecule has 5 heteroatoms. The van der Waals surface area contributed by atoms with Crippen LogP contribution in [-0.2, 0) is 6.42 Å². The highest BCUT2D eigenvalue weighted by Gasteiger charge is 2.11. The van der Waals surface area contributed by atoms with Gasteiger partial charge in [-0.1, -0.05) is 23.7 Å². The second-order valence-corrected chi connectivity index (χ2v) is 4.27. The number of hydrogen-bond donors (Lipinski definition) is 1. The third-order valence-electron chi connectivity index (χ3n) is 2.56. The molecule has 18 heavy (non-hydrogen) atoms. The zero-order valence-corrected chi connectivity index (χ0v) is 10.6. The number of hydrogen-bond acceptors (Lipinski definition) is 4. The Kier molecular flexibility index (Phi) is 4.12. The lowest BCUT2D eigenvalue weighted by atomic mass is 10.1.